The van der Waals surface area contributed by atoms with E-state index in [9.17, 15) is 22.0 Å². The number of halogens is 6. The Kier molecular flexibility index (Phi) is 3.86. The van der Waals surface area contributed by atoms with Crippen LogP contribution < -0.4 is 0 Å². The molecule has 2 atom stereocenters. The molecule has 5 nitrogen and oxygen atoms in total. The van der Waals surface area contributed by atoms with Gasteiger partial charge in [0.05, 0.1) is 17.9 Å². The van der Waals surface area contributed by atoms with Crippen LogP contribution in [0.3, 0.4) is 0 Å². The Labute approximate surface area is 164 Å². The smallest absolute Gasteiger partial charge is 0.256 e. The van der Waals surface area contributed by atoms with Crippen LogP contribution in [-0.4, -0.2) is 30.6 Å². The minimum atomic E-state index is -4.44. The fraction of sp³-hybridized carbons (Fsp3) is 0.278. The van der Waals surface area contributed by atoms with Crippen LogP contribution in [0, 0.1) is 11.8 Å². The molecule has 0 aliphatic heterocycles. The van der Waals surface area contributed by atoms with E-state index in [-0.39, 0.29) is 39.1 Å². The van der Waals surface area contributed by atoms with Crippen molar-refractivity contribution >= 4 is 28.2 Å². The van der Waals surface area contributed by atoms with Crippen LogP contribution in [-0.2, 0) is 6.54 Å². The van der Waals surface area contributed by atoms with E-state index >= 15 is 0 Å². The Balaban J connectivity index is 1.55. The van der Waals surface area contributed by atoms with Crippen LogP contribution in [0.4, 0.5) is 22.0 Å². The quantitative estimate of drug-likeness (QED) is 0.439. The molecule has 1 unspecified atom stereocenters. The minimum absolute atomic E-state index is 0.0641. The Morgan fingerprint density at radius 1 is 1.07 bits per heavy atom. The van der Waals surface area contributed by atoms with Crippen LogP contribution in [0.5, 0.6) is 0 Å². The van der Waals surface area contributed by atoms with Gasteiger partial charge < -0.3 is 0 Å². The molecular weight excluding hydrogens is 417 g/mol. The first-order chi connectivity index (χ1) is 13.7. The fourth-order valence-corrected chi connectivity index (χ4v) is 3.98. The lowest BCUT2D eigenvalue weighted by Crippen LogP contribution is -2.18. The monoisotopic (exact) mass is 427 g/mol. The Morgan fingerprint density at radius 3 is 2.59 bits per heavy atom. The molecule has 3 heterocycles. The van der Waals surface area contributed by atoms with E-state index in [1.54, 1.807) is 6.07 Å². The number of aromatic nitrogens is 5. The molecule has 1 aromatic carbocycles. The predicted molar refractivity (Wildman–Crippen MR) is 93.8 cm³/mol. The number of rotatable bonds is 3. The SMILES string of the molecule is Fc1cc2cnn(CC(F)(F)F)c2cc1[C@H]1CC1c1cc(Cl)nn2c(F)cnc12. The van der Waals surface area contributed by atoms with Gasteiger partial charge in [-0.05, 0) is 42.0 Å². The summed E-state index contributed by atoms with van der Waals surface area (Å²) in [7, 11) is 0. The summed E-state index contributed by atoms with van der Waals surface area (Å²) in [5, 5.41) is 7.93. The zero-order valence-corrected chi connectivity index (χ0v) is 15.2. The van der Waals surface area contributed by atoms with Crippen LogP contribution >= 0.6 is 11.6 Å². The molecule has 0 N–H and O–H groups in total. The van der Waals surface area contributed by atoms with Gasteiger partial charge in [0.1, 0.15) is 12.4 Å². The van der Waals surface area contributed by atoms with Gasteiger partial charge in [0.15, 0.2) is 10.8 Å². The van der Waals surface area contributed by atoms with Crippen molar-refractivity contribution in [3.8, 4) is 0 Å². The van der Waals surface area contributed by atoms with E-state index in [1.165, 1.54) is 18.3 Å². The summed E-state index contributed by atoms with van der Waals surface area (Å²) in [5.74, 6) is -1.70. The first-order valence-electron chi connectivity index (χ1n) is 8.62. The van der Waals surface area contributed by atoms with Gasteiger partial charge in [-0.25, -0.2) is 9.37 Å². The Bertz CT molecular complexity index is 1260. The van der Waals surface area contributed by atoms with Crippen molar-refractivity contribution in [3.05, 3.63) is 58.6 Å². The third-order valence-corrected chi connectivity index (χ3v) is 5.29. The lowest BCUT2D eigenvalue weighted by molar-refractivity contribution is -0.141. The highest BCUT2D eigenvalue weighted by Crippen LogP contribution is 2.56. The van der Waals surface area contributed by atoms with Crippen molar-refractivity contribution in [2.24, 2.45) is 0 Å². The molecule has 1 aliphatic rings. The van der Waals surface area contributed by atoms with Gasteiger partial charge in [0, 0.05) is 10.9 Å². The van der Waals surface area contributed by atoms with E-state index in [0.717, 1.165) is 15.4 Å². The molecule has 0 radical (unpaired) electrons. The summed E-state index contributed by atoms with van der Waals surface area (Å²) in [6, 6.07) is 4.14. The average Bonchev–Trinajstić information content (AvgIpc) is 3.22. The van der Waals surface area contributed by atoms with Gasteiger partial charge in [0.2, 0.25) is 5.95 Å². The van der Waals surface area contributed by atoms with E-state index in [2.05, 4.69) is 15.2 Å². The molecule has 1 fully saturated rings. The fourth-order valence-electron chi connectivity index (χ4n) is 3.78. The number of alkyl halides is 3. The van der Waals surface area contributed by atoms with Gasteiger partial charge in [-0.2, -0.15) is 32.3 Å². The maximum Gasteiger partial charge on any atom is 0.408 e. The second-order valence-corrected chi connectivity index (χ2v) is 7.42. The molecule has 5 rings (SSSR count). The molecule has 0 amide bonds. The van der Waals surface area contributed by atoms with Crippen LogP contribution in [0.2, 0.25) is 5.15 Å². The number of nitrogens with zero attached hydrogens (tertiary/aromatic N) is 5. The molecule has 0 bridgehead atoms. The summed E-state index contributed by atoms with van der Waals surface area (Å²) in [6.45, 7) is -1.26. The third-order valence-electron chi connectivity index (χ3n) is 5.10. The Hall–Kier alpha value is -2.75. The van der Waals surface area contributed by atoms with Crippen molar-refractivity contribution in [2.45, 2.75) is 31.0 Å². The van der Waals surface area contributed by atoms with Crippen LogP contribution in [0.15, 0.2) is 30.6 Å². The number of hydrogen-bond acceptors (Lipinski definition) is 3. The molecule has 0 spiro atoms. The zero-order chi connectivity index (χ0) is 20.5. The molecule has 29 heavy (non-hydrogen) atoms. The van der Waals surface area contributed by atoms with Crippen molar-refractivity contribution in [1.82, 2.24) is 24.4 Å². The van der Waals surface area contributed by atoms with Gasteiger partial charge >= 0.3 is 6.18 Å². The first-order valence-corrected chi connectivity index (χ1v) is 9.00. The number of hydrogen-bond donors (Lipinski definition) is 0. The van der Waals surface area contributed by atoms with E-state index in [0.29, 0.717) is 12.0 Å². The molecule has 4 aromatic rings. The maximum atomic E-state index is 14.7. The first kappa shape index (κ1) is 18.3. The molecule has 0 saturated heterocycles. The van der Waals surface area contributed by atoms with E-state index in [4.69, 9.17) is 11.6 Å². The summed E-state index contributed by atoms with van der Waals surface area (Å²) < 4.78 is 68.6. The van der Waals surface area contributed by atoms with E-state index < -0.39 is 24.5 Å². The standard InChI is InChI=1S/C18H11ClF5N5/c19-15-4-12(17-25-6-16(21)29(17)27-15)10-2-9(10)11-3-14-8(1-13(11)20)5-26-28(14)7-18(22,23)24/h1,3-6,9-10H,2,7H2/t9-,10?/m0/s1. The zero-order valence-electron chi connectivity index (χ0n) is 14.5. The summed E-state index contributed by atoms with van der Waals surface area (Å²) in [6.07, 6.45) is -1.69. The second kappa shape index (κ2) is 6.12. The number of benzene rings is 1. The van der Waals surface area contributed by atoms with Crippen molar-refractivity contribution < 1.29 is 22.0 Å². The van der Waals surface area contributed by atoms with E-state index in [1.807, 2.05) is 0 Å². The van der Waals surface area contributed by atoms with Crippen LogP contribution in [0.25, 0.3) is 16.6 Å². The average molecular weight is 428 g/mol. The highest BCUT2D eigenvalue weighted by atomic mass is 35.5. The molecule has 3 aromatic heterocycles. The molecule has 1 saturated carbocycles. The van der Waals surface area contributed by atoms with Gasteiger partial charge in [-0.1, -0.05) is 11.6 Å². The van der Waals surface area contributed by atoms with Gasteiger partial charge in [-0.15, -0.1) is 0 Å². The molecule has 11 heteroatoms. The normalized spacial score (nSPS) is 19.4. The maximum absolute atomic E-state index is 14.7. The lowest BCUT2D eigenvalue weighted by atomic mass is 10.0. The molecular formula is C18H11ClF5N5. The van der Waals surface area contributed by atoms with Crippen molar-refractivity contribution in [2.75, 3.05) is 0 Å². The van der Waals surface area contributed by atoms with Crippen LogP contribution in [0.1, 0.15) is 29.4 Å². The summed E-state index contributed by atoms with van der Waals surface area (Å²) >= 11 is 5.98. The molecule has 150 valence electrons. The lowest BCUT2D eigenvalue weighted by Gasteiger charge is -2.09. The minimum Gasteiger partial charge on any atom is -0.256 e. The largest absolute Gasteiger partial charge is 0.408 e. The topological polar surface area (TPSA) is 48.0 Å². The highest BCUT2D eigenvalue weighted by molar-refractivity contribution is 6.29. The number of fused-ring (bicyclic) bond motifs is 2. The van der Waals surface area contributed by atoms with Crippen molar-refractivity contribution in [3.63, 3.8) is 0 Å². The van der Waals surface area contributed by atoms with Gasteiger partial charge in [0.25, 0.3) is 0 Å². The third kappa shape index (κ3) is 3.11. The molecule has 1 aliphatic carbocycles. The van der Waals surface area contributed by atoms with Gasteiger partial charge in [-0.3, -0.25) is 4.68 Å². The highest BCUT2D eigenvalue weighted by Gasteiger charge is 2.43. The summed E-state index contributed by atoms with van der Waals surface area (Å²) in [5.41, 5.74) is 1.38. The second-order valence-electron chi connectivity index (χ2n) is 7.04. The Morgan fingerprint density at radius 2 is 1.83 bits per heavy atom. The summed E-state index contributed by atoms with van der Waals surface area (Å²) in [4.78, 5) is 4.00. The number of imidazole rings is 1. The van der Waals surface area contributed by atoms with Crippen molar-refractivity contribution in [1.29, 1.82) is 0 Å². The predicted octanol–water partition coefficient (Wildman–Crippen LogP) is 4.84.